The van der Waals surface area contributed by atoms with Crippen molar-refractivity contribution in [2.45, 2.75) is 38.8 Å². The molecule has 0 spiro atoms. The van der Waals surface area contributed by atoms with Crippen LogP contribution in [0.5, 0.6) is 0 Å². The molecule has 16 heavy (non-hydrogen) atoms. The Morgan fingerprint density at radius 1 is 1.62 bits per heavy atom. The summed E-state index contributed by atoms with van der Waals surface area (Å²) in [6, 6.07) is 0. The summed E-state index contributed by atoms with van der Waals surface area (Å²) in [5.41, 5.74) is 4.63. The van der Waals surface area contributed by atoms with Crippen LogP contribution in [0.4, 0.5) is 0 Å². The van der Waals surface area contributed by atoms with Crippen molar-refractivity contribution in [2.24, 2.45) is 16.8 Å². The molecule has 2 atom stereocenters. The number of nitrogens with zero attached hydrogens (tertiary/aromatic N) is 1. The first-order valence-electron chi connectivity index (χ1n) is 5.30. The molecule has 6 nitrogen and oxygen atoms in total. The van der Waals surface area contributed by atoms with E-state index in [2.05, 4.69) is 10.5 Å². The monoisotopic (exact) mass is 229 g/mol. The normalized spacial score (nSPS) is 26.8. The molecule has 1 aliphatic rings. The highest BCUT2D eigenvalue weighted by atomic mass is 16.5. The van der Waals surface area contributed by atoms with E-state index < -0.39 is 5.54 Å². The number of nitrogens with two attached hydrogens (primary N) is 1. The van der Waals surface area contributed by atoms with E-state index in [1.54, 1.807) is 13.8 Å². The van der Waals surface area contributed by atoms with E-state index in [0.717, 1.165) is 0 Å². The van der Waals surface area contributed by atoms with E-state index in [0.29, 0.717) is 13.0 Å². The number of amides is 1. The van der Waals surface area contributed by atoms with E-state index in [4.69, 9.17) is 15.7 Å². The summed E-state index contributed by atoms with van der Waals surface area (Å²) >= 11 is 0. The Hall–Kier alpha value is -1.30. The van der Waals surface area contributed by atoms with Gasteiger partial charge in [0, 0.05) is 6.61 Å². The van der Waals surface area contributed by atoms with Gasteiger partial charge in [0.05, 0.1) is 17.6 Å². The molecule has 0 aromatic carbocycles. The van der Waals surface area contributed by atoms with Crippen LogP contribution in [0.2, 0.25) is 0 Å². The predicted octanol–water partition coefficient (Wildman–Crippen LogP) is 0.0526. The van der Waals surface area contributed by atoms with Crippen molar-refractivity contribution in [1.82, 2.24) is 5.32 Å². The van der Waals surface area contributed by atoms with E-state index in [-0.39, 0.29) is 23.8 Å². The van der Waals surface area contributed by atoms with Gasteiger partial charge in [0.15, 0.2) is 5.84 Å². The van der Waals surface area contributed by atoms with E-state index in [1.165, 1.54) is 0 Å². The van der Waals surface area contributed by atoms with Crippen LogP contribution in [0.3, 0.4) is 0 Å². The molecule has 1 aliphatic heterocycles. The van der Waals surface area contributed by atoms with E-state index in [9.17, 15) is 4.79 Å². The van der Waals surface area contributed by atoms with E-state index in [1.807, 2.05) is 6.92 Å². The van der Waals surface area contributed by atoms with Gasteiger partial charge >= 0.3 is 0 Å². The van der Waals surface area contributed by atoms with Crippen LogP contribution in [0.25, 0.3) is 0 Å². The number of carbonyl (C=O) groups is 1. The third-order valence-electron chi connectivity index (χ3n) is 2.90. The Labute approximate surface area is 94.8 Å². The number of oxime groups is 1. The third-order valence-corrected chi connectivity index (χ3v) is 2.90. The molecule has 0 aliphatic carbocycles. The van der Waals surface area contributed by atoms with Gasteiger partial charge in [0.25, 0.3) is 0 Å². The number of hydrogen-bond donors (Lipinski definition) is 3. The highest BCUT2D eigenvalue weighted by Gasteiger charge is 2.35. The first-order valence-corrected chi connectivity index (χ1v) is 5.30. The Morgan fingerprint density at radius 3 is 2.69 bits per heavy atom. The number of carbonyl (C=O) groups excluding carboxylic acids is 1. The lowest BCUT2D eigenvalue weighted by Gasteiger charge is -2.26. The molecule has 2 unspecified atom stereocenters. The van der Waals surface area contributed by atoms with Crippen molar-refractivity contribution < 1.29 is 14.7 Å². The summed E-state index contributed by atoms with van der Waals surface area (Å²) in [4.78, 5) is 11.9. The minimum absolute atomic E-state index is 0.0209. The standard InChI is InChI=1S/C10H19N3O3/c1-6-7(4-5-16-6)8(14)12-10(2,3)9(11)13-15/h6-7,15H,4-5H2,1-3H3,(H2,11,13)(H,12,14). The summed E-state index contributed by atoms with van der Waals surface area (Å²) < 4.78 is 5.32. The Morgan fingerprint density at radius 2 is 2.25 bits per heavy atom. The summed E-state index contributed by atoms with van der Waals surface area (Å²) in [5.74, 6) is -0.306. The van der Waals surface area contributed by atoms with Crippen molar-refractivity contribution in [1.29, 1.82) is 0 Å². The molecule has 1 saturated heterocycles. The van der Waals surface area contributed by atoms with Crippen LogP contribution in [0.1, 0.15) is 27.2 Å². The average Bonchev–Trinajstić information content (AvgIpc) is 2.62. The highest BCUT2D eigenvalue weighted by Crippen LogP contribution is 2.21. The highest BCUT2D eigenvalue weighted by molar-refractivity contribution is 5.93. The molecule has 0 bridgehead atoms. The second-order valence-electron chi connectivity index (χ2n) is 4.57. The van der Waals surface area contributed by atoms with Crippen LogP contribution < -0.4 is 11.1 Å². The molecule has 0 aromatic rings. The maximum Gasteiger partial charge on any atom is 0.226 e. The SMILES string of the molecule is CC1OCCC1C(=O)NC(C)(C)C(N)=NO. The van der Waals surface area contributed by atoms with Gasteiger partial charge in [-0.1, -0.05) is 5.16 Å². The van der Waals surface area contributed by atoms with Crippen LogP contribution >= 0.6 is 0 Å². The van der Waals surface area contributed by atoms with Crippen LogP contribution in [0, 0.1) is 5.92 Å². The lowest BCUT2D eigenvalue weighted by atomic mass is 9.98. The number of ether oxygens (including phenoxy) is 1. The van der Waals surface area contributed by atoms with Gasteiger partial charge in [-0.15, -0.1) is 0 Å². The van der Waals surface area contributed by atoms with Gasteiger partial charge in [-0.3, -0.25) is 4.79 Å². The van der Waals surface area contributed by atoms with Gasteiger partial charge in [0.2, 0.25) is 5.91 Å². The zero-order chi connectivity index (χ0) is 12.3. The fourth-order valence-electron chi connectivity index (χ4n) is 1.67. The predicted molar refractivity (Wildman–Crippen MR) is 59.2 cm³/mol. The molecule has 4 N–H and O–H groups in total. The van der Waals surface area contributed by atoms with Crippen molar-refractivity contribution in [3.8, 4) is 0 Å². The summed E-state index contributed by atoms with van der Waals surface area (Å²) in [6.45, 7) is 5.83. The van der Waals surface area contributed by atoms with Crippen molar-refractivity contribution in [3.05, 3.63) is 0 Å². The van der Waals surface area contributed by atoms with Crippen molar-refractivity contribution in [2.75, 3.05) is 6.61 Å². The van der Waals surface area contributed by atoms with Crippen LogP contribution in [-0.2, 0) is 9.53 Å². The molecule has 1 amide bonds. The number of hydrogen-bond acceptors (Lipinski definition) is 4. The molecule has 1 rings (SSSR count). The Balaban J connectivity index is 2.63. The molecule has 1 fully saturated rings. The maximum absolute atomic E-state index is 11.9. The number of rotatable bonds is 3. The largest absolute Gasteiger partial charge is 0.409 e. The van der Waals surface area contributed by atoms with Crippen molar-refractivity contribution >= 4 is 11.7 Å². The number of nitrogens with one attached hydrogen (secondary N) is 1. The molecular weight excluding hydrogens is 210 g/mol. The lowest BCUT2D eigenvalue weighted by Crippen LogP contribution is -2.55. The minimum Gasteiger partial charge on any atom is -0.409 e. The maximum atomic E-state index is 11.9. The number of amidine groups is 1. The first-order chi connectivity index (χ1) is 7.38. The molecule has 0 radical (unpaired) electrons. The molecule has 92 valence electrons. The summed E-state index contributed by atoms with van der Waals surface area (Å²) in [7, 11) is 0. The second kappa shape index (κ2) is 4.69. The first kappa shape index (κ1) is 12.8. The van der Waals surface area contributed by atoms with Crippen LogP contribution in [0.15, 0.2) is 5.16 Å². The smallest absolute Gasteiger partial charge is 0.226 e. The van der Waals surface area contributed by atoms with Gasteiger partial charge in [-0.2, -0.15) is 0 Å². The Kier molecular flexibility index (Phi) is 3.74. The molecule has 0 aromatic heterocycles. The molecule has 0 saturated carbocycles. The van der Waals surface area contributed by atoms with Gasteiger partial charge in [-0.25, -0.2) is 0 Å². The topological polar surface area (TPSA) is 96.9 Å². The lowest BCUT2D eigenvalue weighted by molar-refractivity contribution is -0.127. The average molecular weight is 229 g/mol. The van der Waals surface area contributed by atoms with Gasteiger partial charge in [-0.05, 0) is 27.2 Å². The molecule has 6 heteroatoms. The zero-order valence-corrected chi connectivity index (χ0v) is 9.86. The van der Waals surface area contributed by atoms with Crippen LogP contribution in [-0.4, -0.2) is 35.2 Å². The van der Waals surface area contributed by atoms with E-state index >= 15 is 0 Å². The summed E-state index contributed by atoms with van der Waals surface area (Å²) in [5, 5.41) is 14.2. The second-order valence-corrected chi connectivity index (χ2v) is 4.57. The minimum atomic E-state index is -0.853. The fraction of sp³-hybridized carbons (Fsp3) is 0.800. The Bertz CT molecular complexity index is 302. The molecule has 1 heterocycles. The summed E-state index contributed by atoms with van der Waals surface area (Å²) in [6.07, 6.45) is 0.627. The quantitative estimate of drug-likeness (QED) is 0.276. The zero-order valence-electron chi connectivity index (χ0n) is 9.86. The molecular formula is C10H19N3O3. The van der Waals surface area contributed by atoms with Gasteiger partial charge in [0.1, 0.15) is 0 Å². The fourth-order valence-corrected chi connectivity index (χ4v) is 1.67. The van der Waals surface area contributed by atoms with Crippen molar-refractivity contribution in [3.63, 3.8) is 0 Å². The van der Waals surface area contributed by atoms with Gasteiger partial charge < -0.3 is 21.0 Å². The third kappa shape index (κ3) is 2.63.